The molecular weight excluding hydrogens is 489 g/mol. The third-order valence-corrected chi connectivity index (χ3v) is 8.97. The van der Waals surface area contributed by atoms with Crippen LogP contribution in [-0.4, -0.2) is 75.7 Å². The van der Waals surface area contributed by atoms with E-state index in [4.69, 9.17) is 18.5 Å². The minimum absolute atomic E-state index is 0.0950. The van der Waals surface area contributed by atoms with Crippen LogP contribution in [0.1, 0.15) is 110 Å². The van der Waals surface area contributed by atoms with Crippen LogP contribution in [-0.2, 0) is 23.1 Å². The number of fused-ring (bicyclic) bond motifs is 2. The predicted molar refractivity (Wildman–Crippen MR) is 151 cm³/mol. The summed E-state index contributed by atoms with van der Waals surface area (Å²) in [5, 5.41) is 0. The summed E-state index contributed by atoms with van der Waals surface area (Å²) < 4.78 is 35.7. The second-order valence-electron chi connectivity index (χ2n) is 12.4. The molecule has 7 nitrogen and oxygen atoms in total. The summed E-state index contributed by atoms with van der Waals surface area (Å²) in [5.74, 6) is 0.328. The third kappa shape index (κ3) is 14.8. The summed E-state index contributed by atoms with van der Waals surface area (Å²) in [6.45, 7) is 4.72. The van der Waals surface area contributed by atoms with E-state index in [1.807, 2.05) is 21.1 Å². The number of rotatable bonds is 24. The van der Waals surface area contributed by atoms with Crippen LogP contribution in [0.2, 0.25) is 0 Å². The monoisotopic (exact) mass is 548 g/mol. The Morgan fingerprint density at radius 2 is 1.22 bits per heavy atom. The minimum atomic E-state index is -4.05. The third-order valence-electron chi connectivity index (χ3n) is 7.99. The number of quaternary nitrogens is 1. The summed E-state index contributed by atoms with van der Waals surface area (Å²) in [7, 11) is 2.00. The number of phosphoric ester groups is 1. The fourth-order valence-electron chi connectivity index (χ4n) is 5.60. The number of unbranched alkanes of at least 4 members (excludes halogenated alkanes) is 13. The van der Waals surface area contributed by atoms with Gasteiger partial charge in [-0.3, -0.25) is 9.05 Å². The highest BCUT2D eigenvalue weighted by Crippen LogP contribution is 2.48. The van der Waals surface area contributed by atoms with Crippen molar-refractivity contribution in [1.82, 2.24) is 0 Å². The quantitative estimate of drug-likeness (QED) is 0.0787. The first kappa shape index (κ1) is 33.2. The summed E-state index contributed by atoms with van der Waals surface area (Å²) >= 11 is 0. The second kappa shape index (κ2) is 18.4. The largest absolute Gasteiger partial charge is 0.472 e. The van der Waals surface area contributed by atoms with Crippen LogP contribution in [0.3, 0.4) is 0 Å². The first-order valence-corrected chi connectivity index (χ1v) is 16.9. The van der Waals surface area contributed by atoms with Crippen LogP contribution < -0.4 is 0 Å². The highest BCUT2D eigenvalue weighted by Gasteiger charge is 2.49. The molecule has 0 aromatic heterocycles. The van der Waals surface area contributed by atoms with E-state index in [9.17, 15) is 9.46 Å². The van der Waals surface area contributed by atoms with Crippen molar-refractivity contribution in [3.05, 3.63) is 0 Å². The molecule has 37 heavy (non-hydrogen) atoms. The van der Waals surface area contributed by atoms with E-state index in [1.165, 1.54) is 83.5 Å². The lowest BCUT2D eigenvalue weighted by atomic mass is 9.80. The van der Waals surface area contributed by atoms with Crippen LogP contribution in [0.4, 0.5) is 0 Å². The number of hydrogen-bond acceptors (Lipinski definition) is 5. The first-order valence-electron chi connectivity index (χ1n) is 15.4. The molecule has 8 heteroatoms. The first-order chi connectivity index (χ1) is 17.7. The summed E-state index contributed by atoms with van der Waals surface area (Å²) in [4.78, 5) is 10.1. The number of likely N-dealkylation sites (N-methyl/N-ethyl adjacent to an activating group) is 1. The SMILES string of the molecule is CCCCCCCCCCCCCCCCOC[C@@H]1[C@H](COP(=O)(O)OCC[N+](C)(C)C)[C@H]2CC[C@@H]1O2. The Labute approximate surface area is 228 Å². The Kier molecular flexibility index (Phi) is 16.5. The van der Waals surface area contributed by atoms with E-state index in [0.29, 0.717) is 17.6 Å². The zero-order valence-corrected chi connectivity index (χ0v) is 25.4. The Morgan fingerprint density at radius 1 is 0.730 bits per heavy atom. The van der Waals surface area contributed by atoms with Gasteiger partial charge in [-0.05, 0) is 19.3 Å². The molecule has 1 N–H and O–H groups in total. The van der Waals surface area contributed by atoms with Gasteiger partial charge in [0.2, 0.25) is 0 Å². The molecule has 0 radical (unpaired) electrons. The Hall–Kier alpha value is -0.0100. The molecule has 1 unspecified atom stereocenters. The highest BCUT2D eigenvalue weighted by molar-refractivity contribution is 7.47. The van der Waals surface area contributed by atoms with E-state index in [0.717, 1.165) is 25.9 Å². The van der Waals surface area contributed by atoms with Gasteiger partial charge in [0.25, 0.3) is 0 Å². The average molecular weight is 549 g/mol. The van der Waals surface area contributed by atoms with Crippen LogP contribution in [0, 0.1) is 11.8 Å². The molecule has 0 spiro atoms. The van der Waals surface area contributed by atoms with E-state index in [1.54, 1.807) is 0 Å². The zero-order chi connectivity index (χ0) is 27.0. The minimum Gasteiger partial charge on any atom is -0.381 e. The molecule has 5 atom stereocenters. The second-order valence-corrected chi connectivity index (χ2v) is 13.9. The van der Waals surface area contributed by atoms with Gasteiger partial charge in [-0.1, -0.05) is 90.4 Å². The van der Waals surface area contributed by atoms with Gasteiger partial charge < -0.3 is 18.9 Å². The highest BCUT2D eigenvalue weighted by atomic mass is 31.2. The molecule has 0 saturated carbocycles. The van der Waals surface area contributed by atoms with E-state index >= 15 is 0 Å². The fourth-order valence-corrected chi connectivity index (χ4v) is 6.35. The van der Waals surface area contributed by atoms with E-state index < -0.39 is 7.82 Å². The van der Waals surface area contributed by atoms with Gasteiger partial charge in [0.15, 0.2) is 0 Å². The van der Waals surface area contributed by atoms with Gasteiger partial charge in [0, 0.05) is 18.4 Å². The molecule has 2 heterocycles. The number of phosphoric acid groups is 1. The molecule has 2 aliphatic heterocycles. The van der Waals surface area contributed by atoms with Gasteiger partial charge in [0.1, 0.15) is 13.2 Å². The van der Waals surface area contributed by atoms with Crippen molar-refractivity contribution in [3.63, 3.8) is 0 Å². The molecule has 0 aromatic rings. The van der Waals surface area contributed by atoms with Crippen LogP contribution >= 0.6 is 7.82 Å². The molecule has 2 bridgehead atoms. The van der Waals surface area contributed by atoms with Crippen LogP contribution in [0.15, 0.2) is 0 Å². The number of nitrogens with zero attached hydrogens (tertiary/aromatic N) is 1. The molecule has 0 aliphatic carbocycles. The lowest BCUT2D eigenvalue weighted by Crippen LogP contribution is -2.37. The van der Waals surface area contributed by atoms with Crippen LogP contribution in [0.25, 0.3) is 0 Å². The standard InChI is InChI=1S/C29H58NO6P/c1-5-6-7-8-9-10-11-12-13-14-15-16-17-18-22-33-24-26-27(29-20-19-28(26)36-29)25-35-37(31,32)34-23-21-30(2,3)4/h26-29H,5-25H2,1-4H3/p+1/t26-,27+,28+,29-/m1/s1. The van der Waals surface area contributed by atoms with Gasteiger partial charge in [0.05, 0.1) is 46.6 Å². The van der Waals surface area contributed by atoms with Crippen molar-refractivity contribution in [2.45, 2.75) is 122 Å². The van der Waals surface area contributed by atoms with Crippen molar-refractivity contribution in [1.29, 1.82) is 0 Å². The molecule has 2 rings (SSSR count). The topological polar surface area (TPSA) is 74.2 Å². The van der Waals surface area contributed by atoms with Gasteiger partial charge in [-0.25, -0.2) is 4.57 Å². The zero-order valence-electron chi connectivity index (χ0n) is 24.5. The normalized spacial score (nSPS) is 25.1. The molecule has 0 amide bonds. The number of hydrogen-bond donors (Lipinski definition) is 1. The van der Waals surface area contributed by atoms with Crippen molar-refractivity contribution < 1.29 is 32.5 Å². The Bertz CT molecular complexity index is 628. The van der Waals surface area contributed by atoms with Crippen molar-refractivity contribution in [3.8, 4) is 0 Å². The number of ether oxygens (including phenoxy) is 2. The molecule has 2 saturated heterocycles. The van der Waals surface area contributed by atoms with Crippen molar-refractivity contribution >= 4 is 7.82 Å². The molecule has 2 fully saturated rings. The Balaban J connectivity index is 1.48. The molecule has 2 aliphatic rings. The van der Waals surface area contributed by atoms with Crippen molar-refractivity contribution in [2.24, 2.45) is 11.8 Å². The smallest absolute Gasteiger partial charge is 0.381 e. The van der Waals surface area contributed by atoms with Gasteiger partial charge in [-0.2, -0.15) is 0 Å². The maximum absolute atomic E-state index is 12.3. The van der Waals surface area contributed by atoms with Gasteiger partial charge in [-0.15, -0.1) is 0 Å². The Morgan fingerprint density at radius 3 is 1.73 bits per heavy atom. The summed E-state index contributed by atoms with van der Waals surface area (Å²) in [6, 6.07) is 0. The summed E-state index contributed by atoms with van der Waals surface area (Å²) in [5.41, 5.74) is 0. The molecular formula is C29H59NO6P+. The lowest BCUT2D eigenvalue weighted by Gasteiger charge is -2.28. The average Bonchev–Trinajstić information content (AvgIpc) is 3.43. The van der Waals surface area contributed by atoms with E-state index in [2.05, 4.69) is 6.92 Å². The van der Waals surface area contributed by atoms with Crippen LogP contribution in [0.5, 0.6) is 0 Å². The van der Waals surface area contributed by atoms with Crippen molar-refractivity contribution in [2.75, 3.05) is 54.1 Å². The predicted octanol–water partition coefficient (Wildman–Crippen LogP) is 7.12. The fraction of sp³-hybridized carbons (Fsp3) is 1.00. The summed E-state index contributed by atoms with van der Waals surface area (Å²) in [6.07, 6.45) is 21.3. The molecule has 0 aromatic carbocycles. The van der Waals surface area contributed by atoms with Gasteiger partial charge >= 0.3 is 7.82 Å². The maximum Gasteiger partial charge on any atom is 0.472 e. The maximum atomic E-state index is 12.3. The van der Waals surface area contributed by atoms with E-state index in [-0.39, 0.29) is 37.3 Å². The molecule has 220 valence electrons. The lowest BCUT2D eigenvalue weighted by molar-refractivity contribution is -0.870.